The summed E-state index contributed by atoms with van der Waals surface area (Å²) in [5.41, 5.74) is 1.07. The Morgan fingerprint density at radius 1 is 1.22 bits per heavy atom. The first-order valence-corrected chi connectivity index (χ1v) is 7.75. The molecule has 4 atom stereocenters. The molecule has 2 bridgehead atoms. The molecule has 3 aliphatic rings. The minimum absolute atomic E-state index is 0.0753. The summed E-state index contributed by atoms with van der Waals surface area (Å²) in [6.45, 7) is 2.58. The lowest BCUT2D eigenvalue weighted by Gasteiger charge is -2.24. The molecular formula is C13H15NO3S. The van der Waals surface area contributed by atoms with Crippen LogP contribution in [0.3, 0.4) is 0 Å². The van der Waals surface area contributed by atoms with Crippen LogP contribution in [0.1, 0.15) is 12.0 Å². The van der Waals surface area contributed by atoms with Crippen LogP contribution in [0.4, 0.5) is 0 Å². The van der Waals surface area contributed by atoms with E-state index in [0.29, 0.717) is 23.5 Å². The second-order valence-electron chi connectivity index (χ2n) is 5.52. The molecule has 3 unspecified atom stereocenters. The van der Waals surface area contributed by atoms with Crippen molar-refractivity contribution in [2.45, 2.75) is 36.5 Å². The second kappa shape index (κ2) is 3.35. The first-order valence-electron chi connectivity index (χ1n) is 6.31. The van der Waals surface area contributed by atoms with Crippen LogP contribution in [0.15, 0.2) is 29.2 Å². The standard InChI is InChI=1S/C13H15NO3S/c1-8-2-4-10(5-3-8)18(15,16)14-7-9-6-11(14)13-12(9)17-13/h2-5,9,11-13H,6-7H2,1H3/t9?,11?,12?,13-/m1/s1. The number of ether oxygens (including phenoxy) is 1. The van der Waals surface area contributed by atoms with E-state index in [1.165, 1.54) is 0 Å². The van der Waals surface area contributed by atoms with Gasteiger partial charge in [0.05, 0.1) is 17.0 Å². The van der Waals surface area contributed by atoms with Crippen molar-refractivity contribution < 1.29 is 13.2 Å². The quantitative estimate of drug-likeness (QED) is 0.754. The van der Waals surface area contributed by atoms with Crippen molar-refractivity contribution in [1.29, 1.82) is 0 Å². The summed E-state index contributed by atoms with van der Waals surface area (Å²) >= 11 is 0. The van der Waals surface area contributed by atoms with Gasteiger partial charge in [-0.15, -0.1) is 0 Å². The van der Waals surface area contributed by atoms with Crippen LogP contribution < -0.4 is 0 Å². The Morgan fingerprint density at radius 3 is 2.56 bits per heavy atom. The molecule has 5 heteroatoms. The zero-order valence-electron chi connectivity index (χ0n) is 10.1. The predicted molar refractivity (Wildman–Crippen MR) is 65.6 cm³/mol. The summed E-state index contributed by atoms with van der Waals surface area (Å²) in [4.78, 5) is 0.401. The molecule has 1 saturated carbocycles. The van der Waals surface area contributed by atoms with Gasteiger partial charge in [0.1, 0.15) is 6.10 Å². The smallest absolute Gasteiger partial charge is 0.243 e. The molecular weight excluding hydrogens is 250 g/mol. The normalized spacial score (nSPS) is 37.8. The summed E-state index contributed by atoms with van der Waals surface area (Å²) in [5, 5.41) is 0. The van der Waals surface area contributed by atoms with Gasteiger partial charge in [-0.25, -0.2) is 8.42 Å². The predicted octanol–water partition coefficient (Wildman–Crippen LogP) is 1.16. The molecule has 4 rings (SSSR count). The number of epoxide rings is 1. The Morgan fingerprint density at radius 2 is 1.94 bits per heavy atom. The fourth-order valence-electron chi connectivity index (χ4n) is 3.35. The summed E-state index contributed by atoms with van der Waals surface area (Å²) in [5.74, 6) is 0.417. The largest absolute Gasteiger partial charge is 0.367 e. The Kier molecular flexibility index (Phi) is 2.04. The Balaban J connectivity index is 1.69. The fraction of sp³-hybridized carbons (Fsp3) is 0.538. The zero-order chi connectivity index (χ0) is 12.5. The number of benzene rings is 1. The van der Waals surface area contributed by atoms with Crippen LogP contribution >= 0.6 is 0 Å². The summed E-state index contributed by atoms with van der Waals surface area (Å²) in [7, 11) is -3.34. The van der Waals surface area contributed by atoms with E-state index in [0.717, 1.165) is 12.0 Å². The number of nitrogens with zero attached hydrogens (tertiary/aromatic N) is 1. The third-order valence-corrected chi connectivity index (χ3v) is 6.27. The average Bonchev–Trinajstić information content (AvgIpc) is 2.94. The first-order chi connectivity index (χ1) is 8.57. The Labute approximate surface area is 107 Å². The summed E-state index contributed by atoms with van der Waals surface area (Å²) < 4.78 is 32.3. The van der Waals surface area contributed by atoms with Gasteiger partial charge >= 0.3 is 0 Å². The highest BCUT2D eigenvalue weighted by atomic mass is 32.2. The molecule has 2 saturated heterocycles. The van der Waals surface area contributed by atoms with Crippen molar-refractivity contribution in [1.82, 2.24) is 4.31 Å². The summed E-state index contributed by atoms with van der Waals surface area (Å²) in [6, 6.07) is 7.16. The molecule has 96 valence electrons. The first kappa shape index (κ1) is 11.0. The maximum atomic E-state index is 12.6. The number of aryl methyl sites for hydroxylation is 1. The monoisotopic (exact) mass is 265 g/mol. The van der Waals surface area contributed by atoms with E-state index in [2.05, 4.69) is 0 Å². The van der Waals surface area contributed by atoms with Crippen molar-refractivity contribution in [3.8, 4) is 0 Å². The van der Waals surface area contributed by atoms with Gasteiger partial charge in [-0.3, -0.25) is 0 Å². The van der Waals surface area contributed by atoms with E-state index >= 15 is 0 Å². The van der Waals surface area contributed by atoms with Crippen LogP contribution in [0.25, 0.3) is 0 Å². The maximum Gasteiger partial charge on any atom is 0.243 e. The van der Waals surface area contributed by atoms with Gasteiger partial charge in [-0.1, -0.05) is 17.7 Å². The molecule has 0 aromatic heterocycles. The van der Waals surface area contributed by atoms with Crippen LogP contribution in [-0.2, 0) is 14.8 Å². The minimum atomic E-state index is -3.34. The fourth-order valence-corrected chi connectivity index (χ4v) is 5.05. The molecule has 1 aliphatic carbocycles. The van der Waals surface area contributed by atoms with Crippen LogP contribution in [0.5, 0.6) is 0 Å². The van der Waals surface area contributed by atoms with E-state index in [1.807, 2.05) is 19.1 Å². The third-order valence-electron chi connectivity index (χ3n) is 4.36. The number of piperidine rings is 1. The lowest BCUT2D eigenvalue weighted by Crippen LogP contribution is -2.41. The molecule has 2 aliphatic heterocycles. The zero-order valence-corrected chi connectivity index (χ0v) is 10.9. The molecule has 2 heterocycles. The van der Waals surface area contributed by atoms with Gasteiger partial charge in [-0.05, 0) is 25.5 Å². The van der Waals surface area contributed by atoms with E-state index in [1.54, 1.807) is 16.4 Å². The highest BCUT2D eigenvalue weighted by molar-refractivity contribution is 7.89. The topological polar surface area (TPSA) is 49.9 Å². The number of hydrogen-bond acceptors (Lipinski definition) is 3. The molecule has 3 fully saturated rings. The van der Waals surface area contributed by atoms with Gasteiger partial charge in [0.2, 0.25) is 10.0 Å². The van der Waals surface area contributed by atoms with E-state index in [-0.39, 0.29) is 12.1 Å². The molecule has 18 heavy (non-hydrogen) atoms. The molecule has 4 nitrogen and oxygen atoms in total. The van der Waals surface area contributed by atoms with Crippen LogP contribution in [-0.4, -0.2) is 37.5 Å². The molecule has 1 aromatic rings. The highest BCUT2D eigenvalue weighted by Gasteiger charge is 2.65. The van der Waals surface area contributed by atoms with Crippen molar-refractivity contribution in [2.24, 2.45) is 5.92 Å². The molecule has 0 spiro atoms. The van der Waals surface area contributed by atoms with Crippen LogP contribution in [0.2, 0.25) is 0 Å². The molecule has 0 amide bonds. The molecule has 0 N–H and O–H groups in total. The maximum absolute atomic E-state index is 12.6. The van der Waals surface area contributed by atoms with E-state index in [4.69, 9.17) is 4.74 Å². The van der Waals surface area contributed by atoms with E-state index in [9.17, 15) is 8.42 Å². The SMILES string of the molecule is Cc1ccc(S(=O)(=O)N2CC3CC2[C@H]2OC32)cc1. The summed E-state index contributed by atoms with van der Waals surface area (Å²) in [6.07, 6.45) is 1.49. The number of fused-ring (bicyclic) bond motifs is 5. The van der Waals surface area contributed by atoms with E-state index < -0.39 is 10.0 Å². The molecule has 1 aromatic carbocycles. The number of sulfonamides is 1. The lowest BCUT2D eigenvalue weighted by atomic mass is 10.1. The number of rotatable bonds is 2. The van der Waals surface area contributed by atoms with Gasteiger partial charge in [0, 0.05) is 12.5 Å². The second-order valence-corrected chi connectivity index (χ2v) is 7.41. The van der Waals surface area contributed by atoms with Gasteiger partial charge in [0.15, 0.2) is 0 Å². The van der Waals surface area contributed by atoms with Crippen molar-refractivity contribution in [2.75, 3.05) is 6.54 Å². The number of hydrogen-bond donors (Lipinski definition) is 0. The third kappa shape index (κ3) is 1.35. The van der Waals surface area contributed by atoms with Gasteiger partial charge in [0.25, 0.3) is 0 Å². The van der Waals surface area contributed by atoms with Crippen LogP contribution in [0, 0.1) is 12.8 Å². The van der Waals surface area contributed by atoms with Gasteiger partial charge < -0.3 is 4.74 Å². The molecule has 0 radical (unpaired) electrons. The van der Waals surface area contributed by atoms with Crippen molar-refractivity contribution in [3.05, 3.63) is 29.8 Å². The van der Waals surface area contributed by atoms with Crippen molar-refractivity contribution >= 4 is 10.0 Å². The minimum Gasteiger partial charge on any atom is -0.367 e. The Hall–Kier alpha value is -0.910. The highest BCUT2D eigenvalue weighted by Crippen LogP contribution is 2.52. The average molecular weight is 265 g/mol. The Bertz CT molecular complexity index is 595. The van der Waals surface area contributed by atoms with Crippen molar-refractivity contribution in [3.63, 3.8) is 0 Å². The lowest BCUT2D eigenvalue weighted by molar-refractivity contribution is 0.273. The van der Waals surface area contributed by atoms with Gasteiger partial charge in [-0.2, -0.15) is 4.31 Å².